The molecule has 1 saturated carbocycles. The van der Waals surface area contributed by atoms with Gasteiger partial charge in [-0.15, -0.1) is 11.3 Å². The van der Waals surface area contributed by atoms with Crippen molar-refractivity contribution in [2.24, 2.45) is 5.92 Å². The van der Waals surface area contributed by atoms with Crippen LogP contribution in [0.1, 0.15) is 49.8 Å². The first-order valence-corrected chi connectivity index (χ1v) is 11.7. The summed E-state index contributed by atoms with van der Waals surface area (Å²) in [4.78, 5) is 16.8. The normalized spacial score (nSPS) is 14.6. The number of nitrogens with zero attached hydrogens (tertiary/aromatic N) is 1. The quantitative estimate of drug-likeness (QED) is 0.580. The molecule has 1 heterocycles. The number of anilines is 1. The van der Waals surface area contributed by atoms with E-state index in [9.17, 15) is 4.79 Å². The number of nitrogens with one attached hydrogen (secondary N) is 1. The Bertz CT molecular complexity index is 751. The molecule has 0 spiro atoms. The molecule has 5 nitrogen and oxygen atoms in total. The van der Waals surface area contributed by atoms with Crippen molar-refractivity contribution in [3.8, 4) is 11.5 Å². The third-order valence-corrected chi connectivity index (χ3v) is 6.77. The zero-order chi connectivity index (χ0) is 19.8. The van der Waals surface area contributed by atoms with E-state index in [0.717, 1.165) is 34.3 Å². The Morgan fingerprint density at radius 3 is 2.54 bits per heavy atom. The molecule has 1 aromatic carbocycles. The summed E-state index contributed by atoms with van der Waals surface area (Å²) >= 11 is 3.28. The van der Waals surface area contributed by atoms with E-state index < -0.39 is 0 Å². The topological polar surface area (TPSA) is 60.5 Å². The van der Waals surface area contributed by atoms with Gasteiger partial charge in [0.25, 0.3) is 0 Å². The van der Waals surface area contributed by atoms with Crippen molar-refractivity contribution in [3.05, 3.63) is 34.8 Å². The molecule has 1 fully saturated rings. The van der Waals surface area contributed by atoms with Gasteiger partial charge < -0.3 is 14.8 Å². The number of benzene rings is 1. The summed E-state index contributed by atoms with van der Waals surface area (Å²) in [6, 6.07) is 5.91. The van der Waals surface area contributed by atoms with Crippen LogP contribution in [0.2, 0.25) is 0 Å². The summed E-state index contributed by atoms with van der Waals surface area (Å²) in [6.45, 7) is 0. The Morgan fingerprint density at radius 2 is 1.86 bits per heavy atom. The van der Waals surface area contributed by atoms with Crippen LogP contribution in [0, 0.1) is 5.92 Å². The lowest BCUT2D eigenvalue weighted by Gasteiger charge is -2.20. The molecule has 28 heavy (non-hydrogen) atoms. The molecule has 1 N–H and O–H groups in total. The molecule has 7 heteroatoms. The predicted molar refractivity (Wildman–Crippen MR) is 116 cm³/mol. The molecule has 152 valence electrons. The lowest BCUT2D eigenvalue weighted by molar-refractivity contribution is -0.117. The van der Waals surface area contributed by atoms with Crippen LogP contribution in [0.25, 0.3) is 0 Å². The third kappa shape index (κ3) is 6.41. The molecule has 0 aliphatic heterocycles. The van der Waals surface area contributed by atoms with E-state index in [0.29, 0.717) is 17.5 Å². The highest BCUT2D eigenvalue weighted by Gasteiger charge is 2.17. The Kier molecular flexibility index (Phi) is 8.03. The van der Waals surface area contributed by atoms with E-state index in [1.165, 1.54) is 43.4 Å². The average molecular weight is 421 g/mol. The number of ether oxygens (including phenoxy) is 2. The minimum atomic E-state index is 0.101. The number of carbonyl (C=O) groups excluding carboxylic acids is 1. The highest BCUT2D eigenvalue weighted by molar-refractivity contribution is 7.97. The second kappa shape index (κ2) is 10.7. The first-order chi connectivity index (χ1) is 13.7. The summed E-state index contributed by atoms with van der Waals surface area (Å²) in [5, 5.41) is 5.71. The van der Waals surface area contributed by atoms with Crippen LogP contribution in [0.15, 0.2) is 23.6 Å². The number of thiazole rings is 1. The molecule has 1 aliphatic carbocycles. The van der Waals surface area contributed by atoms with Gasteiger partial charge in [0.05, 0.1) is 19.9 Å². The summed E-state index contributed by atoms with van der Waals surface area (Å²) < 4.78 is 10.6. The minimum absolute atomic E-state index is 0.101. The SMILES string of the molecule is COc1cc(CSCc2csc(NC(=O)CC3CCCCC3)n2)cc(OC)c1. The predicted octanol–water partition coefficient (Wildman–Crippen LogP) is 5.50. The minimum Gasteiger partial charge on any atom is -0.497 e. The van der Waals surface area contributed by atoms with Crippen molar-refractivity contribution in [3.63, 3.8) is 0 Å². The molecule has 3 rings (SSSR count). The Balaban J connectivity index is 1.45. The third-order valence-electron chi connectivity index (χ3n) is 4.93. The molecule has 1 amide bonds. The number of hydrogen-bond donors (Lipinski definition) is 1. The highest BCUT2D eigenvalue weighted by Crippen LogP contribution is 2.28. The number of aromatic nitrogens is 1. The molecular weight excluding hydrogens is 392 g/mol. The molecule has 1 aromatic heterocycles. The highest BCUT2D eigenvalue weighted by atomic mass is 32.2. The van der Waals surface area contributed by atoms with Gasteiger partial charge in [-0.2, -0.15) is 11.8 Å². The molecule has 0 bridgehead atoms. The van der Waals surface area contributed by atoms with Crippen LogP contribution >= 0.6 is 23.1 Å². The van der Waals surface area contributed by atoms with Gasteiger partial charge in [0.2, 0.25) is 5.91 Å². The standard InChI is InChI=1S/C21H28N2O3S2/c1-25-18-8-16(9-19(11-18)26-2)12-27-13-17-14-28-21(22-17)23-20(24)10-15-6-4-3-5-7-15/h8-9,11,14-15H,3-7,10,12-13H2,1-2H3,(H,22,23,24). The molecular formula is C21H28N2O3S2. The molecule has 0 atom stereocenters. The number of amides is 1. The first-order valence-electron chi connectivity index (χ1n) is 9.70. The molecule has 0 radical (unpaired) electrons. The zero-order valence-corrected chi connectivity index (χ0v) is 18.2. The van der Waals surface area contributed by atoms with Crippen molar-refractivity contribution in [1.29, 1.82) is 0 Å². The van der Waals surface area contributed by atoms with Crippen LogP contribution in [0.4, 0.5) is 5.13 Å². The number of thioether (sulfide) groups is 1. The van der Waals surface area contributed by atoms with Crippen molar-refractivity contribution in [2.45, 2.75) is 50.0 Å². The van der Waals surface area contributed by atoms with Gasteiger partial charge in [-0.05, 0) is 36.5 Å². The van der Waals surface area contributed by atoms with Gasteiger partial charge in [0.15, 0.2) is 5.13 Å². The lowest BCUT2D eigenvalue weighted by Crippen LogP contribution is -2.18. The molecule has 1 aliphatic rings. The van der Waals surface area contributed by atoms with Crippen LogP contribution in [0.3, 0.4) is 0 Å². The summed E-state index contributed by atoms with van der Waals surface area (Å²) in [7, 11) is 3.32. The number of methoxy groups -OCH3 is 2. The molecule has 2 aromatic rings. The van der Waals surface area contributed by atoms with Crippen LogP contribution in [-0.4, -0.2) is 25.1 Å². The molecule has 0 saturated heterocycles. The maximum Gasteiger partial charge on any atom is 0.226 e. The zero-order valence-electron chi connectivity index (χ0n) is 16.5. The van der Waals surface area contributed by atoms with Gasteiger partial charge in [-0.1, -0.05) is 19.3 Å². The van der Waals surface area contributed by atoms with Gasteiger partial charge in [-0.25, -0.2) is 4.98 Å². The fourth-order valence-electron chi connectivity index (χ4n) is 3.48. The molecule has 0 unspecified atom stereocenters. The van der Waals surface area contributed by atoms with Gasteiger partial charge >= 0.3 is 0 Å². The lowest BCUT2D eigenvalue weighted by atomic mass is 9.87. The van der Waals surface area contributed by atoms with Crippen LogP contribution in [-0.2, 0) is 16.3 Å². The maximum absolute atomic E-state index is 12.2. The van der Waals surface area contributed by atoms with Gasteiger partial charge in [0.1, 0.15) is 11.5 Å². The summed E-state index contributed by atoms with van der Waals surface area (Å²) in [6.07, 6.45) is 6.82. The average Bonchev–Trinajstić information content (AvgIpc) is 3.15. The smallest absolute Gasteiger partial charge is 0.226 e. The fraction of sp³-hybridized carbons (Fsp3) is 0.524. The van der Waals surface area contributed by atoms with E-state index >= 15 is 0 Å². The van der Waals surface area contributed by atoms with Gasteiger partial charge in [0, 0.05) is 29.4 Å². The Labute approximate surface area is 175 Å². The number of carbonyl (C=O) groups is 1. The van der Waals surface area contributed by atoms with Crippen LogP contribution in [0.5, 0.6) is 11.5 Å². The Morgan fingerprint density at radius 1 is 1.14 bits per heavy atom. The fourth-order valence-corrected chi connectivity index (χ4v) is 5.17. The number of rotatable bonds is 9. The van der Waals surface area contributed by atoms with Crippen molar-refractivity contribution in [1.82, 2.24) is 4.98 Å². The maximum atomic E-state index is 12.2. The van der Waals surface area contributed by atoms with E-state index in [-0.39, 0.29) is 5.91 Å². The largest absolute Gasteiger partial charge is 0.497 e. The van der Waals surface area contributed by atoms with E-state index in [4.69, 9.17) is 9.47 Å². The monoisotopic (exact) mass is 420 g/mol. The second-order valence-electron chi connectivity index (χ2n) is 7.11. The first kappa shape index (κ1) is 21.0. The van der Waals surface area contributed by atoms with E-state index in [1.807, 2.05) is 23.6 Å². The number of hydrogen-bond acceptors (Lipinski definition) is 6. The van der Waals surface area contributed by atoms with Crippen LogP contribution < -0.4 is 14.8 Å². The summed E-state index contributed by atoms with van der Waals surface area (Å²) in [5.74, 6) is 3.88. The van der Waals surface area contributed by atoms with Crippen molar-refractivity contribution < 1.29 is 14.3 Å². The Hall–Kier alpha value is -1.73. The van der Waals surface area contributed by atoms with Crippen molar-refractivity contribution in [2.75, 3.05) is 19.5 Å². The van der Waals surface area contributed by atoms with Gasteiger partial charge in [-0.3, -0.25) is 4.79 Å². The van der Waals surface area contributed by atoms with E-state index in [1.54, 1.807) is 26.0 Å². The van der Waals surface area contributed by atoms with Crippen molar-refractivity contribution >= 4 is 34.1 Å². The summed E-state index contributed by atoms with van der Waals surface area (Å²) in [5.41, 5.74) is 2.15. The van der Waals surface area contributed by atoms with E-state index in [2.05, 4.69) is 10.3 Å². The second-order valence-corrected chi connectivity index (χ2v) is 8.96.